The van der Waals surface area contributed by atoms with Gasteiger partial charge in [0.1, 0.15) is 5.58 Å². The maximum Gasteiger partial charge on any atom is 0.290 e. The van der Waals surface area contributed by atoms with E-state index in [1.54, 1.807) is 17.0 Å². The summed E-state index contributed by atoms with van der Waals surface area (Å²) in [7, 11) is 0. The average molecular weight is 498 g/mol. The fourth-order valence-corrected chi connectivity index (χ4v) is 4.74. The molecule has 0 N–H and O–H groups in total. The van der Waals surface area contributed by atoms with Crippen molar-refractivity contribution in [1.29, 1.82) is 0 Å². The third kappa shape index (κ3) is 4.76. The number of benzene rings is 2. The van der Waals surface area contributed by atoms with Gasteiger partial charge in [-0.2, -0.15) is 0 Å². The molecule has 1 unspecified atom stereocenters. The summed E-state index contributed by atoms with van der Waals surface area (Å²) in [6, 6.07) is 8.40. The quantitative estimate of drug-likeness (QED) is 0.292. The highest BCUT2D eigenvalue weighted by Gasteiger charge is 2.42. The number of unbranched alkanes of at least 4 members (excludes halogenated alkanes) is 2. The number of nitrogens with zero attached hydrogens (tertiary/aromatic N) is 1. The Morgan fingerprint density at radius 1 is 1.00 bits per heavy atom. The van der Waals surface area contributed by atoms with Crippen LogP contribution in [-0.2, 0) is 0 Å². The molecule has 186 valence electrons. The van der Waals surface area contributed by atoms with E-state index in [-0.39, 0.29) is 17.1 Å². The predicted octanol–water partition coefficient (Wildman–Crippen LogP) is 6.68. The van der Waals surface area contributed by atoms with E-state index >= 15 is 0 Å². The van der Waals surface area contributed by atoms with Gasteiger partial charge in [-0.25, -0.2) is 0 Å². The van der Waals surface area contributed by atoms with Crippen molar-refractivity contribution < 1.29 is 18.7 Å². The summed E-state index contributed by atoms with van der Waals surface area (Å²) < 4.78 is 17.9. The highest BCUT2D eigenvalue weighted by molar-refractivity contribution is 6.32. The molecule has 0 bridgehead atoms. The van der Waals surface area contributed by atoms with E-state index in [0.717, 1.165) is 36.8 Å². The first-order valence-electron chi connectivity index (χ1n) is 12.4. The van der Waals surface area contributed by atoms with E-state index in [1.807, 2.05) is 39.0 Å². The number of ether oxygens (including phenoxy) is 2. The van der Waals surface area contributed by atoms with Crippen LogP contribution in [0.3, 0.4) is 0 Å². The van der Waals surface area contributed by atoms with E-state index in [0.29, 0.717) is 52.8 Å². The van der Waals surface area contributed by atoms with Crippen LogP contribution in [-0.4, -0.2) is 30.6 Å². The second kappa shape index (κ2) is 10.7. The minimum absolute atomic E-state index is 0.0977. The highest BCUT2D eigenvalue weighted by Crippen LogP contribution is 2.41. The van der Waals surface area contributed by atoms with E-state index in [9.17, 15) is 9.59 Å². The number of aryl methyl sites for hydroxylation is 1. The summed E-state index contributed by atoms with van der Waals surface area (Å²) in [4.78, 5) is 28.8. The van der Waals surface area contributed by atoms with Gasteiger partial charge in [0.2, 0.25) is 5.76 Å². The van der Waals surface area contributed by atoms with Crippen molar-refractivity contribution in [3.05, 3.63) is 68.0 Å². The van der Waals surface area contributed by atoms with E-state index in [1.165, 1.54) is 0 Å². The summed E-state index contributed by atoms with van der Waals surface area (Å²) >= 11 is 6.32. The fourth-order valence-electron chi connectivity index (χ4n) is 4.58. The molecule has 0 saturated carbocycles. The van der Waals surface area contributed by atoms with Gasteiger partial charge in [-0.15, -0.1) is 0 Å². The Morgan fingerprint density at radius 3 is 2.51 bits per heavy atom. The maximum atomic E-state index is 13.7. The molecule has 1 atom stereocenters. The molecular weight excluding hydrogens is 466 g/mol. The second-order valence-electron chi connectivity index (χ2n) is 8.87. The van der Waals surface area contributed by atoms with Crippen LogP contribution in [0.5, 0.6) is 11.5 Å². The Hall–Kier alpha value is -2.99. The lowest BCUT2D eigenvalue weighted by Gasteiger charge is -2.25. The normalized spacial score (nSPS) is 15.1. The van der Waals surface area contributed by atoms with Crippen molar-refractivity contribution in [1.82, 2.24) is 4.90 Å². The van der Waals surface area contributed by atoms with Crippen molar-refractivity contribution in [2.24, 2.45) is 0 Å². The average Bonchev–Trinajstić information content (AvgIpc) is 3.11. The highest BCUT2D eigenvalue weighted by atomic mass is 35.5. The van der Waals surface area contributed by atoms with Crippen LogP contribution in [0.25, 0.3) is 11.0 Å². The van der Waals surface area contributed by atoms with E-state index < -0.39 is 6.04 Å². The molecule has 2 heterocycles. The number of halogens is 1. The maximum absolute atomic E-state index is 13.7. The van der Waals surface area contributed by atoms with Gasteiger partial charge in [-0.1, -0.05) is 44.4 Å². The molecule has 0 aliphatic carbocycles. The molecule has 1 aliphatic heterocycles. The summed E-state index contributed by atoms with van der Waals surface area (Å²) in [5.74, 6) is 1.07. The van der Waals surface area contributed by atoms with Gasteiger partial charge < -0.3 is 18.8 Å². The smallest absolute Gasteiger partial charge is 0.290 e. The van der Waals surface area contributed by atoms with Crippen LogP contribution < -0.4 is 14.9 Å². The third-order valence-corrected chi connectivity index (χ3v) is 6.71. The lowest BCUT2D eigenvalue weighted by atomic mass is 9.97. The lowest BCUT2D eigenvalue weighted by Crippen LogP contribution is -2.30. The van der Waals surface area contributed by atoms with Gasteiger partial charge in [-0.3, -0.25) is 9.59 Å². The molecule has 4 rings (SSSR count). The third-order valence-electron chi connectivity index (χ3n) is 6.30. The molecule has 1 aromatic heterocycles. The van der Waals surface area contributed by atoms with Crippen molar-refractivity contribution in [3.8, 4) is 11.5 Å². The molecule has 6 nitrogen and oxygen atoms in total. The van der Waals surface area contributed by atoms with Gasteiger partial charge in [0, 0.05) is 11.6 Å². The van der Waals surface area contributed by atoms with Crippen LogP contribution in [0.2, 0.25) is 5.02 Å². The zero-order valence-corrected chi connectivity index (χ0v) is 21.5. The molecule has 1 amide bonds. The lowest BCUT2D eigenvalue weighted by molar-refractivity contribution is 0.0728. The first-order chi connectivity index (χ1) is 16.9. The Bertz CT molecular complexity index is 1300. The first-order valence-corrected chi connectivity index (χ1v) is 12.8. The van der Waals surface area contributed by atoms with Crippen molar-refractivity contribution in [2.75, 3.05) is 19.8 Å². The molecule has 0 fully saturated rings. The molecule has 1 aliphatic rings. The minimum atomic E-state index is -0.577. The van der Waals surface area contributed by atoms with Crippen LogP contribution in [0, 0.1) is 6.92 Å². The minimum Gasteiger partial charge on any atom is -0.490 e. The summed E-state index contributed by atoms with van der Waals surface area (Å²) in [5.41, 5.74) is 2.03. The Balaban J connectivity index is 1.83. The summed E-state index contributed by atoms with van der Waals surface area (Å²) in [5, 5.41) is 0.857. The number of fused-ring (bicyclic) bond motifs is 2. The van der Waals surface area contributed by atoms with Gasteiger partial charge in [0.15, 0.2) is 16.9 Å². The van der Waals surface area contributed by atoms with Gasteiger partial charge in [-0.05, 0) is 62.1 Å². The SMILES string of the molecule is CCCCCOc1ccc(C2c3c(oc4cc(C)c(Cl)cc4c3=O)C(=O)N2CCC)cc1OCC. The van der Waals surface area contributed by atoms with Crippen LogP contribution in [0.1, 0.15) is 79.7 Å². The first kappa shape index (κ1) is 25.1. The zero-order chi connectivity index (χ0) is 25.1. The molecule has 0 spiro atoms. The summed E-state index contributed by atoms with van der Waals surface area (Å²) in [6.45, 7) is 9.47. The molecule has 0 saturated heterocycles. The number of carbonyl (C=O) groups is 1. The Labute approximate surface area is 210 Å². The summed E-state index contributed by atoms with van der Waals surface area (Å²) in [6.07, 6.45) is 3.92. The number of hydrogen-bond acceptors (Lipinski definition) is 5. The number of carbonyl (C=O) groups excluding carboxylic acids is 1. The van der Waals surface area contributed by atoms with Crippen molar-refractivity contribution in [2.45, 2.75) is 59.4 Å². The predicted molar refractivity (Wildman–Crippen MR) is 138 cm³/mol. The molecule has 35 heavy (non-hydrogen) atoms. The number of rotatable bonds is 10. The van der Waals surface area contributed by atoms with E-state index in [2.05, 4.69) is 6.92 Å². The monoisotopic (exact) mass is 497 g/mol. The molecule has 2 aromatic carbocycles. The van der Waals surface area contributed by atoms with Crippen molar-refractivity contribution in [3.63, 3.8) is 0 Å². The zero-order valence-electron chi connectivity index (χ0n) is 20.8. The fraction of sp³-hybridized carbons (Fsp3) is 0.429. The molecule has 7 heteroatoms. The van der Waals surface area contributed by atoms with Crippen LogP contribution >= 0.6 is 11.6 Å². The molecular formula is C28H32ClNO5. The Kier molecular flexibility index (Phi) is 7.70. The van der Waals surface area contributed by atoms with Crippen LogP contribution in [0.4, 0.5) is 0 Å². The van der Waals surface area contributed by atoms with Crippen LogP contribution in [0.15, 0.2) is 39.5 Å². The van der Waals surface area contributed by atoms with Gasteiger partial charge in [0.05, 0.1) is 30.2 Å². The largest absolute Gasteiger partial charge is 0.490 e. The topological polar surface area (TPSA) is 69.0 Å². The Morgan fingerprint density at radius 2 is 1.80 bits per heavy atom. The standard InChI is InChI=1S/C28H32ClNO5/c1-5-8-9-13-34-21-11-10-18(15-23(21)33-7-3)25-24-26(31)19-16-20(29)17(4)14-22(19)35-27(24)28(32)30(25)12-6-2/h10-11,14-16,25H,5-9,12-13H2,1-4H3. The second-order valence-corrected chi connectivity index (χ2v) is 9.27. The van der Waals surface area contributed by atoms with Gasteiger partial charge in [0.25, 0.3) is 5.91 Å². The molecule has 3 aromatic rings. The molecule has 0 radical (unpaired) electrons. The van der Waals surface area contributed by atoms with Gasteiger partial charge >= 0.3 is 0 Å². The van der Waals surface area contributed by atoms with Crippen molar-refractivity contribution >= 4 is 28.5 Å². The van der Waals surface area contributed by atoms with E-state index in [4.69, 9.17) is 25.5 Å². The number of hydrogen-bond donors (Lipinski definition) is 0. The number of amides is 1.